The smallest absolute Gasteiger partial charge is 0.261 e. The zero-order chi connectivity index (χ0) is 16.6. The van der Waals surface area contributed by atoms with E-state index in [0.717, 1.165) is 18.4 Å². The van der Waals surface area contributed by atoms with E-state index in [9.17, 15) is 13.2 Å². The monoisotopic (exact) mass is 357 g/mol. The van der Waals surface area contributed by atoms with Crippen LogP contribution in [0.1, 0.15) is 24.8 Å². The molecule has 1 aromatic carbocycles. The number of aryl methyl sites for hydroxylation is 1. The molecule has 2 aliphatic rings. The number of ether oxygens (including phenoxy) is 1. The first-order chi connectivity index (χ1) is 10.9. The predicted octanol–water partition coefficient (Wildman–Crippen LogP) is 2.21. The Bertz CT molecular complexity index is 715. The maximum Gasteiger partial charge on any atom is 0.261 e. The minimum Gasteiger partial charge on any atom is -0.484 e. The van der Waals surface area contributed by atoms with Gasteiger partial charge in [0.1, 0.15) is 5.75 Å². The standard InChI is InChI=1S/C16H20ClNO4S/c1-11-8-14(4-5-15(11)17)22-9-16(19)18(12-2-3-12)13-6-7-23(20,21)10-13/h4-5,8,12-13H,2-3,6-7,9-10H2,1H3/t13-/m0/s1. The lowest BCUT2D eigenvalue weighted by Crippen LogP contribution is -2.45. The molecule has 126 valence electrons. The Morgan fingerprint density at radius 3 is 2.61 bits per heavy atom. The summed E-state index contributed by atoms with van der Waals surface area (Å²) in [5.41, 5.74) is 0.887. The summed E-state index contributed by atoms with van der Waals surface area (Å²) in [4.78, 5) is 14.3. The lowest BCUT2D eigenvalue weighted by atomic mass is 10.2. The normalized spacial score (nSPS) is 22.8. The molecule has 1 aromatic rings. The van der Waals surface area contributed by atoms with E-state index < -0.39 is 9.84 Å². The Kier molecular flexibility index (Phi) is 4.56. The van der Waals surface area contributed by atoms with Crippen molar-refractivity contribution < 1.29 is 17.9 Å². The molecule has 1 aliphatic heterocycles. The van der Waals surface area contributed by atoms with Crippen LogP contribution in [0, 0.1) is 6.92 Å². The summed E-state index contributed by atoms with van der Waals surface area (Å²) in [6.07, 6.45) is 2.43. The van der Waals surface area contributed by atoms with E-state index in [2.05, 4.69) is 0 Å². The SMILES string of the molecule is Cc1cc(OCC(=O)N(C2CC2)[C@H]2CCS(=O)(=O)C2)ccc1Cl. The van der Waals surface area contributed by atoms with E-state index in [1.807, 2.05) is 6.92 Å². The number of carbonyl (C=O) groups excluding carboxylic acids is 1. The number of benzene rings is 1. The van der Waals surface area contributed by atoms with Gasteiger partial charge in [-0.2, -0.15) is 0 Å². The molecule has 1 atom stereocenters. The highest BCUT2D eigenvalue weighted by atomic mass is 35.5. The summed E-state index contributed by atoms with van der Waals surface area (Å²) in [6.45, 7) is 1.80. The lowest BCUT2D eigenvalue weighted by Gasteiger charge is -2.28. The molecule has 0 aromatic heterocycles. The summed E-state index contributed by atoms with van der Waals surface area (Å²) in [5.74, 6) is 0.706. The van der Waals surface area contributed by atoms with Crippen molar-refractivity contribution in [3.05, 3.63) is 28.8 Å². The van der Waals surface area contributed by atoms with E-state index in [0.29, 0.717) is 17.2 Å². The summed E-state index contributed by atoms with van der Waals surface area (Å²) in [7, 11) is -3.01. The Morgan fingerprint density at radius 1 is 1.30 bits per heavy atom. The number of hydrogen-bond acceptors (Lipinski definition) is 4. The minimum atomic E-state index is -3.01. The van der Waals surface area contributed by atoms with Gasteiger partial charge in [0.2, 0.25) is 0 Å². The van der Waals surface area contributed by atoms with Crippen LogP contribution in [-0.4, -0.2) is 49.4 Å². The average molecular weight is 358 g/mol. The molecule has 1 heterocycles. The van der Waals surface area contributed by atoms with Gasteiger partial charge in [0.05, 0.1) is 11.5 Å². The average Bonchev–Trinajstić information content (AvgIpc) is 3.24. The first kappa shape index (κ1) is 16.6. The molecule has 3 rings (SSSR count). The number of rotatable bonds is 5. The second kappa shape index (κ2) is 6.32. The summed E-state index contributed by atoms with van der Waals surface area (Å²) in [5, 5.41) is 0.652. The maximum absolute atomic E-state index is 12.5. The van der Waals surface area contributed by atoms with Crippen LogP contribution in [0.5, 0.6) is 5.75 Å². The largest absolute Gasteiger partial charge is 0.484 e. The summed E-state index contributed by atoms with van der Waals surface area (Å²) >= 11 is 5.97. The van der Waals surface area contributed by atoms with Gasteiger partial charge in [0.15, 0.2) is 16.4 Å². The maximum atomic E-state index is 12.5. The van der Waals surface area contributed by atoms with Crippen LogP contribution in [0.25, 0.3) is 0 Å². The van der Waals surface area contributed by atoms with Crippen LogP contribution in [0.3, 0.4) is 0 Å². The Morgan fingerprint density at radius 2 is 2.04 bits per heavy atom. The van der Waals surface area contributed by atoms with Crippen LogP contribution in [0.15, 0.2) is 18.2 Å². The molecule has 23 heavy (non-hydrogen) atoms. The number of carbonyl (C=O) groups is 1. The number of hydrogen-bond donors (Lipinski definition) is 0. The molecular formula is C16H20ClNO4S. The van der Waals surface area contributed by atoms with Gasteiger partial charge >= 0.3 is 0 Å². The Labute approximate surface area is 141 Å². The fourth-order valence-corrected chi connectivity index (χ4v) is 4.81. The second-order valence-corrected chi connectivity index (χ2v) is 8.92. The van der Waals surface area contributed by atoms with Crippen LogP contribution in [0.2, 0.25) is 5.02 Å². The van der Waals surface area contributed by atoms with Crippen molar-refractivity contribution in [2.75, 3.05) is 18.1 Å². The van der Waals surface area contributed by atoms with E-state index in [-0.39, 0.29) is 36.1 Å². The number of halogens is 1. The molecule has 1 saturated heterocycles. The molecular weight excluding hydrogens is 338 g/mol. The summed E-state index contributed by atoms with van der Waals surface area (Å²) < 4.78 is 28.9. The lowest BCUT2D eigenvalue weighted by molar-refractivity contribution is -0.135. The minimum absolute atomic E-state index is 0.0753. The molecule has 7 heteroatoms. The van der Waals surface area contributed by atoms with Crippen LogP contribution >= 0.6 is 11.6 Å². The van der Waals surface area contributed by atoms with Gasteiger partial charge in [-0.3, -0.25) is 4.79 Å². The quantitative estimate of drug-likeness (QED) is 0.810. The molecule has 0 bridgehead atoms. The van der Waals surface area contributed by atoms with Crippen LogP contribution < -0.4 is 4.74 Å². The highest BCUT2D eigenvalue weighted by Crippen LogP contribution is 2.32. The summed E-state index contributed by atoms with van der Waals surface area (Å²) in [6, 6.07) is 5.23. The van der Waals surface area contributed by atoms with Gasteiger partial charge in [0, 0.05) is 17.1 Å². The van der Waals surface area contributed by atoms with Gasteiger partial charge < -0.3 is 9.64 Å². The van der Waals surface area contributed by atoms with Crippen molar-refractivity contribution in [2.45, 2.75) is 38.3 Å². The second-order valence-electron chi connectivity index (χ2n) is 6.29. The molecule has 0 spiro atoms. The van der Waals surface area contributed by atoms with E-state index in [4.69, 9.17) is 16.3 Å². The first-order valence-electron chi connectivity index (χ1n) is 7.76. The molecule has 0 radical (unpaired) electrons. The zero-order valence-corrected chi connectivity index (χ0v) is 14.6. The highest BCUT2D eigenvalue weighted by molar-refractivity contribution is 7.91. The first-order valence-corrected chi connectivity index (χ1v) is 9.96. The fourth-order valence-electron chi connectivity index (χ4n) is 2.98. The third-order valence-electron chi connectivity index (χ3n) is 4.32. The van der Waals surface area contributed by atoms with Gasteiger partial charge in [-0.1, -0.05) is 11.6 Å². The predicted molar refractivity (Wildman–Crippen MR) is 88.6 cm³/mol. The molecule has 5 nitrogen and oxygen atoms in total. The van der Waals surface area contributed by atoms with E-state index in [1.54, 1.807) is 23.1 Å². The van der Waals surface area contributed by atoms with Gasteiger partial charge in [-0.15, -0.1) is 0 Å². The van der Waals surface area contributed by atoms with Crippen molar-refractivity contribution in [1.82, 2.24) is 4.90 Å². The van der Waals surface area contributed by atoms with E-state index in [1.165, 1.54) is 0 Å². The van der Waals surface area contributed by atoms with Crippen molar-refractivity contribution in [1.29, 1.82) is 0 Å². The number of amides is 1. The number of nitrogens with zero attached hydrogens (tertiary/aromatic N) is 1. The van der Waals surface area contributed by atoms with Crippen molar-refractivity contribution in [3.63, 3.8) is 0 Å². The van der Waals surface area contributed by atoms with Crippen molar-refractivity contribution in [2.24, 2.45) is 0 Å². The Balaban J connectivity index is 1.64. The Hall–Kier alpha value is -1.27. The third kappa shape index (κ3) is 3.98. The molecule has 1 aliphatic carbocycles. The van der Waals surface area contributed by atoms with Gasteiger partial charge in [-0.25, -0.2) is 8.42 Å². The number of sulfone groups is 1. The molecule has 1 amide bonds. The van der Waals surface area contributed by atoms with Crippen LogP contribution in [0.4, 0.5) is 0 Å². The molecule has 2 fully saturated rings. The van der Waals surface area contributed by atoms with Gasteiger partial charge in [-0.05, 0) is 49.9 Å². The zero-order valence-electron chi connectivity index (χ0n) is 13.0. The van der Waals surface area contributed by atoms with Crippen LogP contribution in [-0.2, 0) is 14.6 Å². The fraction of sp³-hybridized carbons (Fsp3) is 0.562. The molecule has 0 N–H and O–H groups in total. The third-order valence-corrected chi connectivity index (χ3v) is 6.50. The highest BCUT2D eigenvalue weighted by Gasteiger charge is 2.42. The van der Waals surface area contributed by atoms with E-state index >= 15 is 0 Å². The molecule has 1 saturated carbocycles. The topological polar surface area (TPSA) is 63.7 Å². The van der Waals surface area contributed by atoms with Crippen molar-refractivity contribution >= 4 is 27.3 Å². The van der Waals surface area contributed by atoms with Gasteiger partial charge in [0.25, 0.3) is 5.91 Å². The van der Waals surface area contributed by atoms with Crippen molar-refractivity contribution in [3.8, 4) is 5.75 Å². The molecule has 0 unspecified atom stereocenters.